The molecule has 6 nitrogen and oxygen atoms in total. The quantitative estimate of drug-likeness (QED) is 0.861. The lowest BCUT2D eigenvalue weighted by atomic mass is 10.1. The molecule has 1 aromatic carbocycles. The normalized spacial score (nSPS) is 10.2. The first kappa shape index (κ1) is 13.8. The fraction of sp³-hybridized carbons (Fsp3) is 0.214. The monoisotopic (exact) mass is 274 g/mol. The second kappa shape index (κ2) is 6.01. The van der Waals surface area contributed by atoms with Crippen LogP contribution >= 0.6 is 0 Å². The van der Waals surface area contributed by atoms with E-state index in [1.807, 2.05) is 12.1 Å². The number of rotatable bonds is 5. The van der Waals surface area contributed by atoms with Gasteiger partial charge in [-0.1, -0.05) is 12.1 Å². The minimum atomic E-state index is -0.946. The van der Waals surface area contributed by atoms with Gasteiger partial charge in [-0.2, -0.15) is 0 Å². The summed E-state index contributed by atoms with van der Waals surface area (Å²) in [6.45, 7) is 0. The van der Waals surface area contributed by atoms with Crippen LogP contribution in [0.15, 0.2) is 35.3 Å². The Kier molecular flexibility index (Phi) is 4.14. The van der Waals surface area contributed by atoms with E-state index < -0.39 is 5.97 Å². The highest BCUT2D eigenvalue weighted by Gasteiger charge is 2.10. The smallest absolute Gasteiger partial charge is 0.303 e. The number of methoxy groups -OCH3 is 1. The molecule has 0 radical (unpaired) electrons. The molecule has 2 N–H and O–H groups in total. The van der Waals surface area contributed by atoms with Gasteiger partial charge in [0.2, 0.25) is 0 Å². The van der Waals surface area contributed by atoms with Crippen LogP contribution < -0.4 is 10.3 Å². The molecule has 1 aromatic heterocycles. The fourth-order valence-electron chi connectivity index (χ4n) is 1.82. The van der Waals surface area contributed by atoms with E-state index in [9.17, 15) is 9.59 Å². The van der Waals surface area contributed by atoms with Crippen molar-refractivity contribution in [3.8, 4) is 17.1 Å². The van der Waals surface area contributed by atoms with Crippen molar-refractivity contribution in [2.45, 2.75) is 12.8 Å². The van der Waals surface area contributed by atoms with Crippen molar-refractivity contribution in [2.75, 3.05) is 7.11 Å². The van der Waals surface area contributed by atoms with Gasteiger partial charge in [-0.3, -0.25) is 9.59 Å². The predicted molar refractivity (Wildman–Crippen MR) is 72.8 cm³/mol. The molecule has 20 heavy (non-hydrogen) atoms. The second-order valence-electron chi connectivity index (χ2n) is 4.18. The molecule has 0 unspecified atom stereocenters. The van der Waals surface area contributed by atoms with Crippen molar-refractivity contribution in [1.82, 2.24) is 9.97 Å². The van der Waals surface area contributed by atoms with Crippen LogP contribution in [0.2, 0.25) is 0 Å². The zero-order valence-electron chi connectivity index (χ0n) is 10.9. The molecular formula is C14H14N2O4. The Morgan fingerprint density at radius 1 is 1.40 bits per heavy atom. The van der Waals surface area contributed by atoms with Gasteiger partial charge in [0, 0.05) is 18.2 Å². The summed E-state index contributed by atoms with van der Waals surface area (Å²) < 4.78 is 5.21. The number of hydrogen-bond acceptors (Lipinski definition) is 4. The number of nitrogens with one attached hydrogen (secondary N) is 1. The number of aliphatic carboxylic acids is 1. The van der Waals surface area contributed by atoms with Gasteiger partial charge in [0.1, 0.15) is 11.6 Å². The molecule has 104 valence electrons. The van der Waals surface area contributed by atoms with E-state index in [-0.39, 0.29) is 18.4 Å². The molecule has 0 saturated heterocycles. The number of carboxylic acids is 1. The van der Waals surface area contributed by atoms with E-state index in [0.717, 1.165) is 0 Å². The molecule has 0 bridgehead atoms. The Morgan fingerprint density at radius 3 is 2.80 bits per heavy atom. The number of H-pyrrole nitrogens is 1. The van der Waals surface area contributed by atoms with Crippen molar-refractivity contribution in [3.05, 3.63) is 46.4 Å². The maximum atomic E-state index is 11.9. The lowest BCUT2D eigenvalue weighted by Gasteiger charge is -2.07. The van der Waals surface area contributed by atoms with Crippen LogP contribution in [0, 0.1) is 0 Å². The van der Waals surface area contributed by atoms with Gasteiger partial charge < -0.3 is 14.8 Å². The van der Waals surface area contributed by atoms with Gasteiger partial charge in [-0.15, -0.1) is 0 Å². The highest BCUT2D eigenvalue weighted by Crippen LogP contribution is 2.25. The van der Waals surface area contributed by atoms with Crippen molar-refractivity contribution in [1.29, 1.82) is 0 Å². The zero-order valence-corrected chi connectivity index (χ0v) is 10.9. The molecule has 0 aliphatic rings. The van der Waals surface area contributed by atoms with E-state index in [1.54, 1.807) is 12.1 Å². The van der Waals surface area contributed by atoms with Crippen molar-refractivity contribution in [2.24, 2.45) is 0 Å². The summed E-state index contributed by atoms with van der Waals surface area (Å²) >= 11 is 0. The highest BCUT2D eigenvalue weighted by molar-refractivity contribution is 5.67. The number of aryl methyl sites for hydroxylation is 1. The first-order valence-corrected chi connectivity index (χ1v) is 6.05. The minimum Gasteiger partial charge on any atom is -0.496 e. The summed E-state index contributed by atoms with van der Waals surface area (Å²) in [5.41, 5.74) is 0.699. The molecule has 0 fully saturated rings. The van der Waals surface area contributed by atoms with Crippen LogP contribution in [0.5, 0.6) is 5.75 Å². The number of hydrogen-bond donors (Lipinski definition) is 2. The minimum absolute atomic E-state index is 0.0984. The number of aromatic amines is 1. The van der Waals surface area contributed by atoms with E-state index in [0.29, 0.717) is 22.7 Å². The van der Waals surface area contributed by atoms with Crippen LogP contribution in [0.4, 0.5) is 0 Å². The molecule has 0 spiro atoms. The lowest BCUT2D eigenvalue weighted by molar-refractivity contribution is -0.136. The average molecular weight is 274 g/mol. The molecule has 2 aromatic rings. The van der Waals surface area contributed by atoms with Gasteiger partial charge in [-0.05, 0) is 18.6 Å². The van der Waals surface area contributed by atoms with Gasteiger partial charge in [0.05, 0.1) is 12.7 Å². The number of nitrogens with zero attached hydrogens (tertiary/aromatic N) is 1. The molecule has 6 heteroatoms. The van der Waals surface area contributed by atoms with E-state index >= 15 is 0 Å². The molecule has 0 aliphatic heterocycles. The number of ether oxygens (including phenoxy) is 1. The van der Waals surface area contributed by atoms with Gasteiger partial charge in [0.25, 0.3) is 5.56 Å². The third-order valence-corrected chi connectivity index (χ3v) is 2.84. The Labute approximate surface area is 115 Å². The van der Waals surface area contributed by atoms with Gasteiger partial charge >= 0.3 is 5.97 Å². The number of carbonyl (C=O) groups is 1. The second-order valence-corrected chi connectivity index (χ2v) is 4.18. The van der Waals surface area contributed by atoms with E-state index in [1.165, 1.54) is 13.3 Å². The van der Waals surface area contributed by atoms with Crippen LogP contribution in [-0.4, -0.2) is 28.2 Å². The molecule has 0 amide bonds. The Morgan fingerprint density at radius 2 is 2.15 bits per heavy atom. The summed E-state index contributed by atoms with van der Waals surface area (Å²) in [5, 5.41) is 8.62. The molecular weight excluding hydrogens is 260 g/mol. The topological polar surface area (TPSA) is 92.3 Å². The first-order valence-electron chi connectivity index (χ1n) is 6.05. The number of benzene rings is 1. The predicted octanol–water partition coefficient (Wildman–Crippen LogP) is 1.46. The number of para-hydroxylation sites is 1. The van der Waals surface area contributed by atoms with Crippen LogP contribution in [0.3, 0.4) is 0 Å². The summed E-state index contributed by atoms with van der Waals surface area (Å²) in [6, 6.07) is 7.19. The van der Waals surface area contributed by atoms with Gasteiger partial charge in [0.15, 0.2) is 0 Å². The molecule has 1 heterocycles. The van der Waals surface area contributed by atoms with E-state index in [4.69, 9.17) is 9.84 Å². The van der Waals surface area contributed by atoms with Crippen LogP contribution in [-0.2, 0) is 11.2 Å². The van der Waals surface area contributed by atoms with Crippen molar-refractivity contribution >= 4 is 5.97 Å². The number of aromatic nitrogens is 2. The third-order valence-electron chi connectivity index (χ3n) is 2.84. The molecule has 0 saturated carbocycles. The third kappa shape index (κ3) is 3.03. The average Bonchev–Trinajstić information content (AvgIpc) is 2.45. The maximum Gasteiger partial charge on any atom is 0.303 e. The summed E-state index contributed by atoms with van der Waals surface area (Å²) in [6.07, 6.45) is 1.46. The Balaban J connectivity index is 2.33. The maximum absolute atomic E-state index is 11.9. The molecule has 0 atom stereocenters. The summed E-state index contributed by atoms with van der Waals surface area (Å²) in [4.78, 5) is 29.2. The highest BCUT2D eigenvalue weighted by atomic mass is 16.5. The Bertz CT molecular complexity index is 679. The summed E-state index contributed by atoms with van der Waals surface area (Å²) in [7, 11) is 1.54. The first-order chi connectivity index (χ1) is 9.61. The molecule has 0 aliphatic carbocycles. The van der Waals surface area contributed by atoms with Crippen LogP contribution in [0.1, 0.15) is 12.0 Å². The lowest BCUT2D eigenvalue weighted by Crippen LogP contribution is -2.15. The zero-order chi connectivity index (χ0) is 14.5. The van der Waals surface area contributed by atoms with E-state index in [2.05, 4.69) is 9.97 Å². The van der Waals surface area contributed by atoms with Gasteiger partial charge in [-0.25, -0.2) is 4.98 Å². The summed E-state index contributed by atoms with van der Waals surface area (Å²) in [5.74, 6) is 0.0543. The van der Waals surface area contributed by atoms with Crippen molar-refractivity contribution in [3.63, 3.8) is 0 Å². The molecule has 2 rings (SSSR count). The SMILES string of the molecule is COc1ccccc1-c1ncc(CCC(=O)O)c(=O)[nH]1. The largest absolute Gasteiger partial charge is 0.496 e. The fourth-order valence-corrected chi connectivity index (χ4v) is 1.82. The number of carboxylic acid groups (broad SMARTS) is 1. The standard InChI is InChI=1S/C14H14N2O4/c1-20-11-5-3-2-4-10(11)13-15-8-9(14(19)16-13)6-7-12(17)18/h2-5,8H,6-7H2,1H3,(H,17,18)(H,15,16,19). The Hall–Kier alpha value is -2.63. The van der Waals surface area contributed by atoms with Crippen molar-refractivity contribution < 1.29 is 14.6 Å². The van der Waals surface area contributed by atoms with Crippen LogP contribution in [0.25, 0.3) is 11.4 Å².